The van der Waals surface area contributed by atoms with Gasteiger partial charge in [0, 0.05) is 15.5 Å². The molecule has 0 aliphatic rings. The molecular formula is C14H13IN2O. The van der Waals surface area contributed by atoms with E-state index in [-0.39, 0.29) is 5.91 Å². The number of anilines is 1. The maximum Gasteiger partial charge on any atom is 0.230 e. The van der Waals surface area contributed by atoms with E-state index in [1.807, 2.05) is 43.3 Å². The number of nitrogens with zero attached hydrogens (tertiary/aromatic N) is 1. The Balaban J connectivity index is 2.01. The topological polar surface area (TPSA) is 42.0 Å². The number of hydrogen-bond acceptors (Lipinski definition) is 2. The molecule has 1 heterocycles. The molecule has 18 heavy (non-hydrogen) atoms. The Labute approximate surface area is 120 Å². The van der Waals surface area contributed by atoms with E-state index < -0.39 is 0 Å². The highest BCUT2D eigenvalue weighted by molar-refractivity contribution is 14.1. The van der Waals surface area contributed by atoms with Gasteiger partial charge < -0.3 is 5.32 Å². The van der Waals surface area contributed by atoms with E-state index in [9.17, 15) is 4.79 Å². The summed E-state index contributed by atoms with van der Waals surface area (Å²) in [6, 6.07) is 11.5. The number of amides is 1. The van der Waals surface area contributed by atoms with Crippen molar-refractivity contribution in [2.24, 2.45) is 0 Å². The molecule has 2 rings (SSSR count). The number of carbonyl (C=O) groups excluding carboxylic acids is 1. The largest absolute Gasteiger partial charge is 0.326 e. The molecule has 0 aliphatic heterocycles. The molecule has 0 saturated heterocycles. The molecule has 1 amide bonds. The minimum atomic E-state index is -0.0435. The Morgan fingerprint density at radius 2 is 2.00 bits per heavy atom. The van der Waals surface area contributed by atoms with Gasteiger partial charge in [-0.3, -0.25) is 9.78 Å². The van der Waals surface area contributed by atoms with Crippen LogP contribution in [-0.2, 0) is 11.2 Å². The first-order chi connectivity index (χ1) is 8.65. The van der Waals surface area contributed by atoms with Crippen molar-refractivity contribution in [2.75, 3.05) is 5.32 Å². The van der Waals surface area contributed by atoms with Crippen molar-refractivity contribution in [1.82, 2.24) is 4.98 Å². The molecule has 0 saturated carbocycles. The zero-order valence-corrected chi connectivity index (χ0v) is 12.1. The summed E-state index contributed by atoms with van der Waals surface area (Å²) in [4.78, 5) is 16.1. The fraction of sp³-hybridized carbons (Fsp3) is 0.143. The van der Waals surface area contributed by atoms with Crippen LogP contribution in [0.1, 0.15) is 11.3 Å². The molecular weight excluding hydrogens is 339 g/mol. The highest BCUT2D eigenvalue weighted by Gasteiger charge is 2.07. The number of aromatic nitrogens is 1. The lowest BCUT2D eigenvalue weighted by Crippen LogP contribution is -2.15. The lowest BCUT2D eigenvalue weighted by atomic mass is 10.1. The van der Waals surface area contributed by atoms with Gasteiger partial charge in [0.05, 0.1) is 12.1 Å². The van der Waals surface area contributed by atoms with Gasteiger partial charge in [-0.15, -0.1) is 0 Å². The monoisotopic (exact) mass is 352 g/mol. The van der Waals surface area contributed by atoms with Crippen LogP contribution in [0.3, 0.4) is 0 Å². The van der Waals surface area contributed by atoms with Crippen molar-refractivity contribution in [1.29, 1.82) is 0 Å². The van der Waals surface area contributed by atoms with E-state index in [0.717, 1.165) is 20.5 Å². The Morgan fingerprint density at radius 1 is 1.28 bits per heavy atom. The first-order valence-corrected chi connectivity index (χ1v) is 6.69. The number of aryl methyl sites for hydroxylation is 1. The van der Waals surface area contributed by atoms with Gasteiger partial charge >= 0.3 is 0 Å². The van der Waals surface area contributed by atoms with Crippen LogP contribution >= 0.6 is 22.6 Å². The molecule has 3 nitrogen and oxygen atoms in total. The van der Waals surface area contributed by atoms with E-state index in [2.05, 4.69) is 32.9 Å². The molecule has 0 atom stereocenters. The molecule has 0 fully saturated rings. The molecule has 0 bridgehead atoms. The van der Waals surface area contributed by atoms with Gasteiger partial charge in [0.25, 0.3) is 0 Å². The first kappa shape index (κ1) is 13.0. The summed E-state index contributed by atoms with van der Waals surface area (Å²) in [5.41, 5.74) is 2.67. The predicted octanol–water partition coefficient (Wildman–Crippen LogP) is 3.18. The molecule has 0 unspecified atom stereocenters. The van der Waals surface area contributed by atoms with Crippen molar-refractivity contribution < 1.29 is 4.79 Å². The standard InChI is InChI=1S/C14H13IN2O/c1-10-3-2-8-16-13(10)9-14(18)17-12-6-4-11(15)5-7-12/h2-8H,9H2,1H3,(H,17,18). The second-order valence-corrected chi connectivity index (χ2v) is 5.24. The normalized spacial score (nSPS) is 10.1. The van der Waals surface area contributed by atoms with Gasteiger partial charge in [0.1, 0.15) is 0 Å². The zero-order valence-electron chi connectivity index (χ0n) is 9.98. The molecule has 0 spiro atoms. The summed E-state index contributed by atoms with van der Waals surface area (Å²) in [7, 11) is 0. The van der Waals surface area contributed by atoms with Crippen molar-refractivity contribution >= 4 is 34.2 Å². The number of carbonyl (C=O) groups is 1. The van der Waals surface area contributed by atoms with Crippen molar-refractivity contribution in [3.8, 4) is 0 Å². The van der Waals surface area contributed by atoms with Crippen LogP contribution in [0, 0.1) is 10.5 Å². The SMILES string of the molecule is Cc1cccnc1CC(=O)Nc1ccc(I)cc1. The minimum Gasteiger partial charge on any atom is -0.326 e. The average molecular weight is 352 g/mol. The van der Waals surface area contributed by atoms with E-state index in [1.165, 1.54) is 0 Å². The lowest BCUT2D eigenvalue weighted by Gasteiger charge is -2.06. The van der Waals surface area contributed by atoms with E-state index in [4.69, 9.17) is 0 Å². The Kier molecular flexibility index (Phi) is 4.30. The van der Waals surface area contributed by atoms with Gasteiger partial charge in [-0.05, 0) is 65.4 Å². The van der Waals surface area contributed by atoms with Crippen LogP contribution in [0.5, 0.6) is 0 Å². The van der Waals surface area contributed by atoms with Crippen LogP contribution in [0.15, 0.2) is 42.6 Å². The average Bonchev–Trinajstić information content (AvgIpc) is 2.35. The van der Waals surface area contributed by atoms with E-state index in [0.29, 0.717) is 6.42 Å². The molecule has 1 N–H and O–H groups in total. The molecule has 4 heteroatoms. The number of rotatable bonds is 3. The maximum atomic E-state index is 11.9. The smallest absolute Gasteiger partial charge is 0.230 e. The third kappa shape index (κ3) is 3.53. The van der Waals surface area contributed by atoms with Crippen LogP contribution in [0.2, 0.25) is 0 Å². The van der Waals surface area contributed by atoms with E-state index in [1.54, 1.807) is 6.20 Å². The summed E-state index contributed by atoms with van der Waals surface area (Å²) in [6.07, 6.45) is 2.01. The quantitative estimate of drug-likeness (QED) is 0.863. The molecule has 0 radical (unpaired) electrons. The Hall–Kier alpha value is -1.43. The van der Waals surface area contributed by atoms with E-state index >= 15 is 0 Å². The van der Waals surface area contributed by atoms with Crippen LogP contribution in [-0.4, -0.2) is 10.9 Å². The van der Waals surface area contributed by atoms with Gasteiger partial charge in [0.15, 0.2) is 0 Å². The van der Waals surface area contributed by atoms with Crippen molar-refractivity contribution in [3.05, 3.63) is 57.4 Å². The van der Waals surface area contributed by atoms with Crippen LogP contribution < -0.4 is 5.32 Å². The first-order valence-electron chi connectivity index (χ1n) is 5.61. The molecule has 92 valence electrons. The number of halogens is 1. The highest BCUT2D eigenvalue weighted by Crippen LogP contribution is 2.12. The molecule has 1 aromatic heterocycles. The van der Waals surface area contributed by atoms with Gasteiger partial charge in [-0.1, -0.05) is 6.07 Å². The van der Waals surface area contributed by atoms with Crippen molar-refractivity contribution in [2.45, 2.75) is 13.3 Å². The second kappa shape index (κ2) is 5.95. The minimum absolute atomic E-state index is 0.0435. The summed E-state index contributed by atoms with van der Waals surface area (Å²) in [6.45, 7) is 1.96. The Morgan fingerprint density at radius 3 is 2.67 bits per heavy atom. The third-order valence-electron chi connectivity index (χ3n) is 2.57. The predicted molar refractivity (Wildman–Crippen MR) is 80.5 cm³/mol. The fourth-order valence-corrected chi connectivity index (χ4v) is 1.95. The van der Waals surface area contributed by atoms with Gasteiger partial charge in [-0.25, -0.2) is 0 Å². The fourth-order valence-electron chi connectivity index (χ4n) is 1.59. The third-order valence-corrected chi connectivity index (χ3v) is 3.29. The summed E-state index contributed by atoms with van der Waals surface area (Å²) in [5, 5.41) is 2.86. The van der Waals surface area contributed by atoms with Crippen molar-refractivity contribution in [3.63, 3.8) is 0 Å². The number of nitrogens with one attached hydrogen (secondary N) is 1. The molecule has 0 aliphatic carbocycles. The lowest BCUT2D eigenvalue weighted by molar-refractivity contribution is -0.115. The Bertz CT molecular complexity index is 552. The van der Waals surface area contributed by atoms with Gasteiger partial charge in [-0.2, -0.15) is 0 Å². The number of hydrogen-bond donors (Lipinski definition) is 1. The summed E-state index contributed by atoms with van der Waals surface area (Å²) < 4.78 is 1.14. The molecule has 2 aromatic rings. The number of benzene rings is 1. The van der Waals surface area contributed by atoms with Gasteiger partial charge in [0.2, 0.25) is 5.91 Å². The number of pyridine rings is 1. The van der Waals surface area contributed by atoms with Crippen LogP contribution in [0.4, 0.5) is 5.69 Å². The molecule has 1 aromatic carbocycles. The second-order valence-electron chi connectivity index (χ2n) is 4.00. The maximum absolute atomic E-state index is 11.9. The zero-order chi connectivity index (χ0) is 13.0. The summed E-state index contributed by atoms with van der Waals surface area (Å²) >= 11 is 2.23. The summed E-state index contributed by atoms with van der Waals surface area (Å²) in [5.74, 6) is -0.0435. The van der Waals surface area contributed by atoms with Crippen LogP contribution in [0.25, 0.3) is 0 Å². The highest BCUT2D eigenvalue weighted by atomic mass is 127.